The number of fused-ring (bicyclic) bond motifs is 5. The molecule has 4 aliphatic rings. The minimum Gasteiger partial charge on any atom is -0.393 e. The smallest absolute Gasteiger partial charge is 0.0577 e. The zero-order valence-corrected chi connectivity index (χ0v) is 19.7. The molecular weight excluding hydrogens is 356 g/mol. The quantitative estimate of drug-likeness (QED) is 0.525. The van der Waals surface area contributed by atoms with Crippen molar-refractivity contribution in [1.82, 2.24) is 0 Å². The molecule has 29 heavy (non-hydrogen) atoms. The molecule has 2 unspecified atom stereocenters. The summed E-state index contributed by atoms with van der Waals surface area (Å²) in [6.07, 6.45) is 14.1. The monoisotopic (exact) mass is 402 g/mol. The molecule has 4 aliphatic carbocycles. The average Bonchev–Trinajstić information content (AvgIpc) is 3.03. The lowest BCUT2D eigenvalue weighted by Gasteiger charge is -2.58. The standard InChI is InChI=1S/C27H46O2/c1-17(2)6-11-25(29)18(3)22-9-10-23-21-8-7-19-16-20(28)12-14-26(19,4)24(21)13-15-27(22,23)5/h7,17-18,20-25,28-29H,6,8-16H2,1-5H3/t18-,20-,21-,22?,23-,24-,25?,26-,27+/m0/s1. The van der Waals surface area contributed by atoms with Crippen LogP contribution >= 0.6 is 0 Å². The van der Waals surface area contributed by atoms with Crippen LogP contribution in [-0.2, 0) is 0 Å². The summed E-state index contributed by atoms with van der Waals surface area (Å²) in [6.45, 7) is 12.0. The summed E-state index contributed by atoms with van der Waals surface area (Å²) < 4.78 is 0. The van der Waals surface area contributed by atoms with Gasteiger partial charge in [-0.05, 0) is 111 Å². The summed E-state index contributed by atoms with van der Waals surface area (Å²) in [5, 5.41) is 21.2. The van der Waals surface area contributed by atoms with E-state index in [4.69, 9.17) is 0 Å². The zero-order valence-electron chi connectivity index (χ0n) is 19.7. The number of aliphatic hydroxyl groups excluding tert-OH is 2. The molecule has 4 rings (SSSR count). The Morgan fingerprint density at radius 2 is 1.76 bits per heavy atom. The third-order valence-electron chi connectivity index (χ3n) is 10.4. The molecule has 0 aliphatic heterocycles. The summed E-state index contributed by atoms with van der Waals surface area (Å²) >= 11 is 0. The van der Waals surface area contributed by atoms with Crippen LogP contribution < -0.4 is 0 Å². The molecule has 0 bridgehead atoms. The van der Waals surface area contributed by atoms with Gasteiger partial charge < -0.3 is 10.2 Å². The number of allylic oxidation sites excluding steroid dienone is 1. The molecular formula is C27H46O2. The van der Waals surface area contributed by atoms with Crippen LogP contribution in [0.1, 0.15) is 98.8 Å². The fourth-order valence-corrected chi connectivity index (χ4v) is 8.58. The van der Waals surface area contributed by atoms with E-state index < -0.39 is 0 Å². The Kier molecular flexibility index (Phi) is 6.01. The van der Waals surface area contributed by atoms with E-state index in [0.717, 1.165) is 43.4 Å². The predicted octanol–water partition coefficient (Wildman–Crippen LogP) is 6.36. The Morgan fingerprint density at radius 1 is 1.00 bits per heavy atom. The van der Waals surface area contributed by atoms with Crippen LogP contribution in [0.2, 0.25) is 0 Å². The third kappa shape index (κ3) is 3.65. The van der Waals surface area contributed by atoms with Gasteiger partial charge in [-0.15, -0.1) is 0 Å². The van der Waals surface area contributed by atoms with Gasteiger partial charge in [-0.3, -0.25) is 0 Å². The van der Waals surface area contributed by atoms with Crippen molar-refractivity contribution in [2.24, 2.45) is 46.3 Å². The molecule has 0 aromatic carbocycles. The lowest BCUT2D eigenvalue weighted by molar-refractivity contribution is -0.0681. The van der Waals surface area contributed by atoms with Crippen LogP contribution in [0.25, 0.3) is 0 Å². The normalized spacial score (nSPS) is 46.5. The van der Waals surface area contributed by atoms with Crippen molar-refractivity contribution in [3.63, 3.8) is 0 Å². The molecule has 0 radical (unpaired) electrons. The van der Waals surface area contributed by atoms with Gasteiger partial charge in [0.05, 0.1) is 12.2 Å². The second-order valence-electron chi connectivity index (χ2n) is 12.3. The van der Waals surface area contributed by atoms with E-state index in [9.17, 15) is 10.2 Å². The summed E-state index contributed by atoms with van der Waals surface area (Å²) in [7, 11) is 0. The number of rotatable bonds is 5. The van der Waals surface area contributed by atoms with Gasteiger partial charge in [0.25, 0.3) is 0 Å². The fourth-order valence-electron chi connectivity index (χ4n) is 8.58. The first-order chi connectivity index (χ1) is 13.7. The minimum absolute atomic E-state index is 0.108. The van der Waals surface area contributed by atoms with Crippen molar-refractivity contribution in [3.05, 3.63) is 11.6 Å². The first-order valence-electron chi connectivity index (χ1n) is 12.7. The van der Waals surface area contributed by atoms with Crippen molar-refractivity contribution >= 4 is 0 Å². The lowest BCUT2D eigenvalue weighted by atomic mass is 9.47. The van der Waals surface area contributed by atoms with Crippen molar-refractivity contribution in [1.29, 1.82) is 0 Å². The fraction of sp³-hybridized carbons (Fsp3) is 0.926. The summed E-state index contributed by atoms with van der Waals surface area (Å²) in [4.78, 5) is 0. The largest absolute Gasteiger partial charge is 0.393 e. The molecule has 166 valence electrons. The topological polar surface area (TPSA) is 40.5 Å². The van der Waals surface area contributed by atoms with Crippen molar-refractivity contribution in [2.75, 3.05) is 0 Å². The van der Waals surface area contributed by atoms with Gasteiger partial charge in [-0.2, -0.15) is 0 Å². The SMILES string of the molecule is CC(C)CCC(O)[C@@H](C)C1CC[C@H]2[C@@H]3CC=C4C[C@@H](O)CC[C@]4(C)[C@H]3CC[C@]12C. The van der Waals surface area contributed by atoms with Crippen molar-refractivity contribution < 1.29 is 10.2 Å². The van der Waals surface area contributed by atoms with E-state index in [-0.39, 0.29) is 12.2 Å². The molecule has 3 saturated carbocycles. The second-order valence-corrected chi connectivity index (χ2v) is 12.3. The molecule has 0 heterocycles. The number of hydrogen-bond donors (Lipinski definition) is 2. The first-order valence-corrected chi connectivity index (χ1v) is 12.7. The molecule has 2 heteroatoms. The van der Waals surface area contributed by atoms with Crippen LogP contribution in [0, 0.1) is 46.3 Å². The molecule has 9 atom stereocenters. The maximum atomic E-state index is 11.0. The molecule has 3 fully saturated rings. The maximum Gasteiger partial charge on any atom is 0.0577 e. The molecule has 0 saturated heterocycles. The Bertz CT molecular complexity index is 624. The molecule has 2 N–H and O–H groups in total. The van der Waals surface area contributed by atoms with Crippen LogP contribution in [0.5, 0.6) is 0 Å². The highest BCUT2D eigenvalue weighted by Gasteiger charge is 2.59. The number of aliphatic hydroxyl groups is 2. The van der Waals surface area contributed by atoms with Gasteiger partial charge in [-0.25, -0.2) is 0 Å². The van der Waals surface area contributed by atoms with Gasteiger partial charge in [0, 0.05) is 0 Å². The van der Waals surface area contributed by atoms with Gasteiger partial charge in [0.2, 0.25) is 0 Å². The predicted molar refractivity (Wildman–Crippen MR) is 120 cm³/mol. The van der Waals surface area contributed by atoms with Crippen molar-refractivity contribution in [2.45, 2.75) is 111 Å². The summed E-state index contributed by atoms with van der Waals surface area (Å²) in [5.41, 5.74) is 2.33. The van der Waals surface area contributed by atoms with E-state index in [2.05, 4.69) is 40.7 Å². The maximum absolute atomic E-state index is 11.0. The highest BCUT2D eigenvalue weighted by atomic mass is 16.3. The van der Waals surface area contributed by atoms with Crippen LogP contribution in [0.15, 0.2) is 11.6 Å². The lowest BCUT2D eigenvalue weighted by Crippen LogP contribution is -2.51. The van der Waals surface area contributed by atoms with Crippen LogP contribution in [0.3, 0.4) is 0 Å². The van der Waals surface area contributed by atoms with Gasteiger partial charge in [0.15, 0.2) is 0 Å². The Labute approximate surface area is 179 Å². The van der Waals surface area contributed by atoms with E-state index in [1.807, 2.05) is 0 Å². The highest BCUT2D eigenvalue weighted by molar-refractivity contribution is 5.25. The van der Waals surface area contributed by atoms with E-state index >= 15 is 0 Å². The Hall–Kier alpha value is -0.340. The zero-order chi connectivity index (χ0) is 21.0. The molecule has 0 amide bonds. The van der Waals surface area contributed by atoms with Gasteiger partial charge in [0.1, 0.15) is 0 Å². The number of hydrogen-bond acceptors (Lipinski definition) is 2. The van der Waals surface area contributed by atoms with E-state index in [1.54, 1.807) is 5.57 Å². The Balaban J connectivity index is 1.51. The molecule has 2 nitrogen and oxygen atoms in total. The molecule has 0 aromatic rings. The summed E-state index contributed by atoms with van der Waals surface area (Å²) in [5.74, 6) is 4.25. The second kappa shape index (κ2) is 7.97. The van der Waals surface area contributed by atoms with E-state index in [0.29, 0.717) is 28.6 Å². The first kappa shape index (κ1) is 21.9. The van der Waals surface area contributed by atoms with E-state index in [1.165, 1.54) is 38.5 Å². The van der Waals surface area contributed by atoms with Crippen molar-refractivity contribution in [3.8, 4) is 0 Å². The Morgan fingerprint density at radius 3 is 2.48 bits per heavy atom. The van der Waals surface area contributed by atoms with Gasteiger partial charge >= 0.3 is 0 Å². The third-order valence-corrected chi connectivity index (χ3v) is 10.4. The highest BCUT2D eigenvalue weighted by Crippen LogP contribution is 2.67. The molecule has 0 aromatic heterocycles. The average molecular weight is 403 g/mol. The van der Waals surface area contributed by atoms with Crippen LogP contribution in [0.4, 0.5) is 0 Å². The summed E-state index contributed by atoms with van der Waals surface area (Å²) in [6, 6.07) is 0. The van der Waals surface area contributed by atoms with Gasteiger partial charge in [-0.1, -0.05) is 46.3 Å². The van der Waals surface area contributed by atoms with Crippen LogP contribution in [-0.4, -0.2) is 22.4 Å². The molecule has 0 spiro atoms. The minimum atomic E-state index is -0.133.